The van der Waals surface area contributed by atoms with Crippen LogP contribution in [-0.2, 0) is 4.79 Å². The van der Waals surface area contributed by atoms with E-state index < -0.39 is 5.82 Å². The number of piperidine rings is 1. The second-order valence-electron chi connectivity index (χ2n) is 5.89. The molecule has 7 heteroatoms. The van der Waals surface area contributed by atoms with E-state index in [0.717, 1.165) is 12.8 Å². The zero-order valence-corrected chi connectivity index (χ0v) is 14.2. The SMILES string of the molecule is CC(=O)Nc1ccc(F)c(C(=O)N2CCCC(C(C)N)C2)c1.Cl. The summed E-state index contributed by atoms with van der Waals surface area (Å²) in [6.07, 6.45) is 1.85. The van der Waals surface area contributed by atoms with Crippen LogP contribution in [-0.4, -0.2) is 35.8 Å². The van der Waals surface area contributed by atoms with Crippen LogP contribution in [0.15, 0.2) is 18.2 Å². The molecule has 1 aliphatic rings. The summed E-state index contributed by atoms with van der Waals surface area (Å²) in [7, 11) is 0. The Bertz CT molecular complexity index is 580. The molecule has 0 spiro atoms. The summed E-state index contributed by atoms with van der Waals surface area (Å²) >= 11 is 0. The summed E-state index contributed by atoms with van der Waals surface area (Å²) in [4.78, 5) is 25.3. The summed E-state index contributed by atoms with van der Waals surface area (Å²) in [6, 6.07) is 4.03. The molecular formula is C16H23ClFN3O2. The molecule has 2 rings (SSSR count). The number of nitrogens with zero attached hydrogens (tertiary/aromatic N) is 1. The second kappa shape index (κ2) is 8.26. The van der Waals surface area contributed by atoms with E-state index in [2.05, 4.69) is 5.32 Å². The van der Waals surface area contributed by atoms with Crippen molar-refractivity contribution in [2.24, 2.45) is 11.7 Å². The molecule has 0 radical (unpaired) electrons. The highest BCUT2D eigenvalue weighted by molar-refractivity contribution is 5.97. The molecule has 0 aliphatic carbocycles. The molecule has 0 bridgehead atoms. The van der Waals surface area contributed by atoms with Crippen molar-refractivity contribution in [3.63, 3.8) is 0 Å². The molecule has 2 atom stereocenters. The maximum atomic E-state index is 14.0. The third kappa shape index (κ3) is 4.91. The Morgan fingerprint density at radius 3 is 2.74 bits per heavy atom. The van der Waals surface area contributed by atoms with Gasteiger partial charge in [0.15, 0.2) is 0 Å². The number of carbonyl (C=O) groups excluding carboxylic acids is 2. The Kier molecular flexibility index (Phi) is 6.97. The van der Waals surface area contributed by atoms with Gasteiger partial charge in [0, 0.05) is 31.7 Å². The zero-order chi connectivity index (χ0) is 16.3. The van der Waals surface area contributed by atoms with E-state index in [1.807, 2.05) is 6.92 Å². The highest BCUT2D eigenvalue weighted by atomic mass is 35.5. The van der Waals surface area contributed by atoms with Crippen LogP contribution < -0.4 is 11.1 Å². The molecule has 23 heavy (non-hydrogen) atoms. The van der Waals surface area contributed by atoms with E-state index in [1.165, 1.54) is 25.1 Å². The first-order valence-corrected chi connectivity index (χ1v) is 7.50. The van der Waals surface area contributed by atoms with Gasteiger partial charge in [0.05, 0.1) is 5.56 Å². The number of rotatable bonds is 3. The predicted octanol–water partition coefficient (Wildman–Crippen LogP) is 2.41. The van der Waals surface area contributed by atoms with Crippen LogP contribution in [0.1, 0.15) is 37.0 Å². The van der Waals surface area contributed by atoms with Gasteiger partial charge in [-0.1, -0.05) is 0 Å². The number of nitrogens with two attached hydrogens (primary N) is 1. The fourth-order valence-electron chi connectivity index (χ4n) is 2.76. The lowest BCUT2D eigenvalue weighted by molar-refractivity contribution is -0.114. The van der Waals surface area contributed by atoms with E-state index >= 15 is 0 Å². The van der Waals surface area contributed by atoms with Crippen molar-refractivity contribution in [1.82, 2.24) is 4.90 Å². The van der Waals surface area contributed by atoms with Crippen molar-refractivity contribution in [2.45, 2.75) is 32.7 Å². The summed E-state index contributed by atoms with van der Waals surface area (Å²) in [6.45, 7) is 4.44. The van der Waals surface area contributed by atoms with Gasteiger partial charge in [0.25, 0.3) is 5.91 Å². The second-order valence-corrected chi connectivity index (χ2v) is 5.89. The minimum Gasteiger partial charge on any atom is -0.338 e. The number of likely N-dealkylation sites (tertiary alicyclic amines) is 1. The zero-order valence-electron chi connectivity index (χ0n) is 13.3. The van der Waals surface area contributed by atoms with Crippen LogP contribution in [0, 0.1) is 11.7 Å². The van der Waals surface area contributed by atoms with Gasteiger partial charge in [-0.05, 0) is 43.9 Å². The average Bonchev–Trinajstić information content (AvgIpc) is 2.48. The third-order valence-electron chi connectivity index (χ3n) is 4.01. The Hall–Kier alpha value is -1.66. The van der Waals surface area contributed by atoms with Crippen molar-refractivity contribution in [3.8, 4) is 0 Å². The van der Waals surface area contributed by atoms with E-state index in [0.29, 0.717) is 18.8 Å². The monoisotopic (exact) mass is 343 g/mol. The van der Waals surface area contributed by atoms with Crippen LogP contribution in [0.4, 0.5) is 10.1 Å². The predicted molar refractivity (Wildman–Crippen MR) is 90.2 cm³/mol. The number of anilines is 1. The van der Waals surface area contributed by atoms with E-state index in [1.54, 1.807) is 4.90 Å². The van der Waals surface area contributed by atoms with Gasteiger partial charge < -0.3 is 16.0 Å². The molecular weight excluding hydrogens is 321 g/mol. The highest BCUT2D eigenvalue weighted by Gasteiger charge is 2.27. The Morgan fingerprint density at radius 2 is 2.13 bits per heavy atom. The van der Waals surface area contributed by atoms with Crippen LogP contribution in [0.5, 0.6) is 0 Å². The summed E-state index contributed by atoms with van der Waals surface area (Å²) < 4.78 is 14.0. The molecule has 128 valence electrons. The van der Waals surface area contributed by atoms with Gasteiger partial charge in [-0.15, -0.1) is 12.4 Å². The van der Waals surface area contributed by atoms with Gasteiger partial charge in [0.2, 0.25) is 5.91 Å². The van der Waals surface area contributed by atoms with Crippen molar-refractivity contribution < 1.29 is 14.0 Å². The maximum absolute atomic E-state index is 14.0. The first-order valence-electron chi connectivity index (χ1n) is 7.50. The summed E-state index contributed by atoms with van der Waals surface area (Å²) in [5, 5.41) is 2.56. The fraction of sp³-hybridized carbons (Fsp3) is 0.500. The molecule has 1 aromatic carbocycles. The smallest absolute Gasteiger partial charge is 0.256 e. The molecule has 0 saturated carbocycles. The third-order valence-corrected chi connectivity index (χ3v) is 4.01. The van der Waals surface area contributed by atoms with Gasteiger partial charge >= 0.3 is 0 Å². The first-order chi connectivity index (χ1) is 10.4. The quantitative estimate of drug-likeness (QED) is 0.885. The van der Waals surface area contributed by atoms with E-state index in [9.17, 15) is 14.0 Å². The minimum atomic E-state index is -0.581. The molecule has 5 nitrogen and oxygen atoms in total. The van der Waals surface area contributed by atoms with E-state index in [-0.39, 0.29) is 41.7 Å². The lowest BCUT2D eigenvalue weighted by Gasteiger charge is -2.34. The van der Waals surface area contributed by atoms with Crippen molar-refractivity contribution in [1.29, 1.82) is 0 Å². The van der Waals surface area contributed by atoms with Crippen LogP contribution >= 0.6 is 12.4 Å². The number of hydrogen-bond acceptors (Lipinski definition) is 3. The topological polar surface area (TPSA) is 75.4 Å². The molecule has 2 amide bonds. The van der Waals surface area contributed by atoms with Crippen LogP contribution in [0.2, 0.25) is 0 Å². The molecule has 1 saturated heterocycles. The number of carbonyl (C=O) groups is 2. The molecule has 1 aromatic rings. The van der Waals surface area contributed by atoms with E-state index in [4.69, 9.17) is 5.73 Å². The van der Waals surface area contributed by atoms with Crippen LogP contribution in [0.3, 0.4) is 0 Å². The van der Waals surface area contributed by atoms with Gasteiger partial charge in [-0.2, -0.15) is 0 Å². The number of benzene rings is 1. The minimum absolute atomic E-state index is 0. The standard InChI is InChI=1S/C16H22FN3O2.ClH/c1-10(18)12-4-3-7-20(9-12)16(22)14-8-13(19-11(2)21)5-6-15(14)17;/h5-6,8,10,12H,3-4,7,9,18H2,1-2H3,(H,19,21);1H. The normalized spacial score (nSPS) is 18.8. The average molecular weight is 344 g/mol. The fourth-order valence-corrected chi connectivity index (χ4v) is 2.76. The lowest BCUT2D eigenvalue weighted by Crippen LogP contribution is -2.45. The Labute approximate surface area is 141 Å². The number of halogens is 2. The molecule has 2 unspecified atom stereocenters. The van der Waals surface area contributed by atoms with Gasteiger partial charge in [0.1, 0.15) is 5.82 Å². The lowest BCUT2D eigenvalue weighted by atomic mass is 9.92. The molecule has 3 N–H and O–H groups in total. The number of amides is 2. The Balaban J connectivity index is 0.00000264. The Morgan fingerprint density at radius 1 is 1.43 bits per heavy atom. The van der Waals surface area contributed by atoms with Gasteiger partial charge in [-0.3, -0.25) is 9.59 Å². The van der Waals surface area contributed by atoms with Crippen molar-refractivity contribution in [3.05, 3.63) is 29.6 Å². The summed E-state index contributed by atoms with van der Waals surface area (Å²) in [5.74, 6) is -0.962. The first kappa shape index (κ1) is 19.4. The molecule has 0 aromatic heterocycles. The van der Waals surface area contributed by atoms with Crippen molar-refractivity contribution >= 4 is 29.9 Å². The summed E-state index contributed by atoms with van der Waals surface area (Å²) in [5.41, 5.74) is 6.32. The maximum Gasteiger partial charge on any atom is 0.256 e. The van der Waals surface area contributed by atoms with Crippen LogP contribution in [0.25, 0.3) is 0 Å². The molecule has 1 heterocycles. The molecule has 1 fully saturated rings. The highest BCUT2D eigenvalue weighted by Crippen LogP contribution is 2.23. The molecule has 1 aliphatic heterocycles. The largest absolute Gasteiger partial charge is 0.338 e. The van der Waals surface area contributed by atoms with Crippen molar-refractivity contribution in [2.75, 3.05) is 18.4 Å². The number of nitrogens with one attached hydrogen (secondary N) is 1. The van der Waals surface area contributed by atoms with Gasteiger partial charge in [-0.25, -0.2) is 4.39 Å². The number of hydrogen-bond donors (Lipinski definition) is 2.